The van der Waals surface area contributed by atoms with Crippen molar-refractivity contribution in [3.63, 3.8) is 0 Å². The van der Waals surface area contributed by atoms with Crippen LogP contribution in [0.2, 0.25) is 0 Å². The minimum atomic E-state index is -0.713. The predicted octanol–water partition coefficient (Wildman–Crippen LogP) is 5.09. The summed E-state index contributed by atoms with van der Waals surface area (Å²) in [6, 6.07) is 9.81. The quantitative estimate of drug-likeness (QED) is 0.323. The number of carbonyl (C=O) groups excluding carboxylic acids is 1. The molecule has 1 amide bonds. The van der Waals surface area contributed by atoms with Crippen LogP contribution in [0.15, 0.2) is 35.2 Å². The Kier molecular flexibility index (Phi) is 8.85. The third-order valence-electron chi connectivity index (χ3n) is 4.24. The molecule has 1 aliphatic rings. The zero-order chi connectivity index (χ0) is 18.8. The van der Waals surface area contributed by atoms with Gasteiger partial charge in [0.2, 0.25) is 0 Å². The van der Waals surface area contributed by atoms with Crippen molar-refractivity contribution in [1.29, 1.82) is 0 Å². The number of carboxylic acids is 1. The minimum Gasteiger partial charge on any atom is -0.481 e. The highest BCUT2D eigenvalue weighted by molar-refractivity contribution is 8.26. The summed E-state index contributed by atoms with van der Waals surface area (Å²) >= 11 is 6.74. The Labute approximate surface area is 164 Å². The maximum Gasteiger partial charge on any atom is 0.303 e. The summed E-state index contributed by atoms with van der Waals surface area (Å²) in [5, 5.41) is 8.59. The molecule has 26 heavy (non-hydrogen) atoms. The van der Waals surface area contributed by atoms with Gasteiger partial charge in [0.1, 0.15) is 4.32 Å². The lowest BCUT2D eigenvalue weighted by molar-refractivity contribution is -0.137. The molecular formula is C20H25NO3S2. The van der Waals surface area contributed by atoms with E-state index in [2.05, 4.69) is 0 Å². The molecular weight excluding hydrogens is 366 g/mol. The molecule has 0 aliphatic carbocycles. The number of hydrogen-bond acceptors (Lipinski definition) is 4. The van der Waals surface area contributed by atoms with E-state index in [1.54, 1.807) is 4.90 Å². The number of carboxylic acid groups (broad SMARTS) is 1. The lowest BCUT2D eigenvalue weighted by atomic mass is 10.1. The first-order valence-corrected chi connectivity index (χ1v) is 10.3. The van der Waals surface area contributed by atoms with Gasteiger partial charge in [0, 0.05) is 13.0 Å². The van der Waals surface area contributed by atoms with Crippen molar-refractivity contribution in [3.8, 4) is 0 Å². The minimum absolute atomic E-state index is 0.0116. The van der Waals surface area contributed by atoms with Gasteiger partial charge in [0.25, 0.3) is 5.91 Å². The first kappa shape index (κ1) is 20.6. The molecule has 140 valence electrons. The van der Waals surface area contributed by atoms with Gasteiger partial charge in [-0.15, -0.1) is 0 Å². The highest BCUT2D eigenvalue weighted by Crippen LogP contribution is 2.32. The lowest BCUT2D eigenvalue weighted by Crippen LogP contribution is -2.29. The fourth-order valence-electron chi connectivity index (χ4n) is 2.82. The van der Waals surface area contributed by atoms with Crippen LogP contribution >= 0.6 is 24.0 Å². The number of rotatable bonds is 11. The molecule has 0 aromatic heterocycles. The van der Waals surface area contributed by atoms with Crippen molar-refractivity contribution < 1.29 is 14.7 Å². The third kappa shape index (κ3) is 6.92. The molecule has 2 rings (SSSR count). The van der Waals surface area contributed by atoms with Crippen LogP contribution < -0.4 is 0 Å². The van der Waals surface area contributed by atoms with E-state index in [-0.39, 0.29) is 12.3 Å². The molecule has 0 spiro atoms. The van der Waals surface area contributed by atoms with Crippen molar-refractivity contribution in [3.05, 3.63) is 40.8 Å². The summed E-state index contributed by atoms with van der Waals surface area (Å²) < 4.78 is 0.644. The summed E-state index contributed by atoms with van der Waals surface area (Å²) in [6.45, 7) is 0.676. The summed E-state index contributed by atoms with van der Waals surface area (Å²) in [5.41, 5.74) is 1.01. The van der Waals surface area contributed by atoms with E-state index in [4.69, 9.17) is 17.3 Å². The van der Waals surface area contributed by atoms with Crippen LogP contribution in [0.3, 0.4) is 0 Å². The van der Waals surface area contributed by atoms with Gasteiger partial charge in [0.15, 0.2) is 0 Å². The topological polar surface area (TPSA) is 57.6 Å². The van der Waals surface area contributed by atoms with Crippen LogP contribution in [-0.4, -0.2) is 32.7 Å². The Hall–Kier alpha value is -1.66. The van der Waals surface area contributed by atoms with E-state index in [1.165, 1.54) is 11.8 Å². The SMILES string of the molecule is O=C(O)CCCCCCCCCN1C(=O)/C(=C/c2ccccc2)SC1=S. The highest BCUT2D eigenvalue weighted by atomic mass is 32.2. The molecule has 1 fully saturated rings. The normalized spacial score (nSPS) is 15.8. The van der Waals surface area contributed by atoms with Crippen LogP contribution in [0.1, 0.15) is 56.9 Å². The highest BCUT2D eigenvalue weighted by Gasteiger charge is 2.31. The zero-order valence-corrected chi connectivity index (χ0v) is 16.5. The Morgan fingerprint density at radius 1 is 1.04 bits per heavy atom. The summed E-state index contributed by atoms with van der Waals surface area (Å²) in [5.74, 6) is -0.702. The molecule has 4 nitrogen and oxygen atoms in total. The van der Waals surface area contributed by atoms with Crippen molar-refractivity contribution >= 4 is 46.3 Å². The predicted molar refractivity (Wildman–Crippen MR) is 111 cm³/mol. The zero-order valence-electron chi connectivity index (χ0n) is 14.9. The van der Waals surface area contributed by atoms with E-state index in [9.17, 15) is 9.59 Å². The summed E-state index contributed by atoms with van der Waals surface area (Å²) in [4.78, 5) is 25.3. The molecule has 0 atom stereocenters. The van der Waals surface area contributed by atoms with Crippen LogP contribution in [0.25, 0.3) is 6.08 Å². The first-order valence-electron chi connectivity index (χ1n) is 9.10. The van der Waals surface area contributed by atoms with Crippen LogP contribution in [0, 0.1) is 0 Å². The number of thioether (sulfide) groups is 1. The number of benzene rings is 1. The number of carbonyl (C=O) groups is 2. The van der Waals surface area contributed by atoms with Gasteiger partial charge in [0.05, 0.1) is 4.91 Å². The third-order valence-corrected chi connectivity index (χ3v) is 5.62. The standard InChI is InChI=1S/C20H25NO3S2/c22-18(23)13-9-4-2-1-3-5-10-14-21-19(24)17(26-20(21)25)15-16-11-7-6-8-12-16/h6-8,11-12,15H,1-5,9-10,13-14H2,(H,22,23)/b17-15-. The molecule has 6 heteroatoms. The number of nitrogens with zero attached hydrogens (tertiary/aromatic N) is 1. The fourth-order valence-corrected chi connectivity index (χ4v) is 4.13. The van der Waals surface area contributed by atoms with E-state index < -0.39 is 5.97 Å². The van der Waals surface area contributed by atoms with Gasteiger partial charge < -0.3 is 5.11 Å². The maximum absolute atomic E-state index is 12.5. The van der Waals surface area contributed by atoms with Crippen molar-refractivity contribution in [2.24, 2.45) is 0 Å². The van der Waals surface area contributed by atoms with Crippen molar-refractivity contribution in [1.82, 2.24) is 4.90 Å². The van der Waals surface area contributed by atoms with Crippen LogP contribution in [0.5, 0.6) is 0 Å². The first-order chi connectivity index (χ1) is 12.6. The van der Waals surface area contributed by atoms with Crippen LogP contribution in [-0.2, 0) is 9.59 Å². The molecule has 1 aromatic carbocycles. The van der Waals surface area contributed by atoms with E-state index in [0.29, 0.717) is 15.8 Å². The second kappa shape index (κ2) is 11.1. The number of aliphatic carboxylic acids is 1. The van der Waals surface area contributed by atoms with Gasteiger partial charge in [-0.1, -0.05) is 86.4 Å². The largest absolute Gasteiger partial charge is 0.481 e. The molecule has 1 N–H and O–H groups in total. The van der Waals surface area contributed by atoms with Gasteiger partial charge in [-0.2, -0.15) is 0 Å². The van der Waals surface area contributed by atoms with Gasteiger partial charge in [-0.05, 0) is 24.5 Å². The molecule has 0 bridgehead atoms. The molecule has 1 aliphatic heterocycles. The Balaban J connectivity index is 1.65. The Morgan fingerprint density at radius 2 is 1.65 bits per heavy atom. The summed E-state index contributed by atoms with van der Waals surface area (Å²) in [7, 11) is 0. The Bertz CT molecular complexity index is 658. The van der Waals surface area contributed by atoms with Gasteiger partial charge in [-0.25, -0.2) is 0 Å². The fraction of sp³-hybridized carbons (Fsp3) is 0.450. The van der Waals surface area contributed by atoms with Crippen molar-refractivity contribution in [2.45, 2.75) is 51.4 Å². The molecule has 0 saturated carbocycles. The average Bonchev–Trinajstić information content (AvgIpc) is 2.88. The van der Waals surface area contributed by atoms with E-state index >= 15 is 0 Å². The number of unbranched alkanes of at least 4 members (excludes halogenated alkanes) is 6. The molecule has 1 heterocycles. The number of amides is 1. The second-order valence-electron chi connectivity index (χ2n) is 6.36. The molecule has 1 aromatic rings. The molecule has 0 radical (unpaired) electrons. The van der Waals surface area contributed by atoms with Gasteiger partial charge in [-0.3, -0.25) is 14.5 Å². The number of hydrogen-bond donors (Lipinski definition) is 1. The monoisotopic (exact) mass is 391 g/mol. The lowest BCUT2D eigenvalue weighted by Gasteiger charge is -2.14. The van der Waals surface area contributed by atoms with E-state index in [0.717, 1.165) is 50.5 Å². The van der Waals surface area contributed by atoms with Gasteiger partial charge >= 0.3 is 5.97 Å². The second-order valence-corrected chi connectivity index (χ2v) is 8.04. The van der Waals surface area contributed by atoms with Crippen LogP contribution in [0.4, 0.5) is 0 Å². The van der Waals surface area contributed by atoms with E-state index in [1.807, 2.05) is 36.4 Å². The van der Waals surface area contributed by atoms with Crippen molar-refractivity contribution in [2.75, 3.05) is 6.54 Å². The summed E-state index contributed by atoms with van der Waals surface area (Å²) in [6.07, 6.45) is 9.22. The average molecular weight is 392 g/mol. The maximum atomic E-state index is 12.5. The smallest absolute Gasteiger partial charge is 0.303 e. The Morgan fingerprint density at radius 3 is 2.31 bits per heavy atom. The molecule has 1 saturated heterocycles. The number of thiocarbonyl (C=S) groups is 1. The molecule has 0 unspecified atom stereocenters.